The predicted molar refractivity (Wildman–Crippen MR) is 59.4 cm³/mol. The van der Waals surface area contributed by atoms with Crippen LogP contribution in [0.4, 0.5) is 13.2 Å². The van der Waals surface area contributed by atoms with Crippen molar-refractivity contribution in [3.63, 3.8) is 0 Å². The predicted octanol–water partition coefficient (Wildman–Crippen LogP) is 2.43. The Bertz CT molecular complexity index is 534. The van der Waals surface area contributed by atoms with Crippen molar-refractivity contribution in [3.05, 3.63) is 47.8 Å². The molecule has 0 amide bonds. The van der Waals surface area contributed by atoms with Gasteiger partial charge in [0.05, 0.1) is 16.9 Å². The first kappa shape index (κ1) is 12.6. The van der Waals surface area contributed by atoms with Crippen LogP contribution in [0.2, 0.25) is 0 Å². The first-order valence-electron chi connectivity index (χ1n) is 5.34. The smallest absolute Gasteiger partial charge is 0.396 e. The lowest BCUT2D eigenvalue weighted by Gasteiger charge is -2.08. The highest BCUT2D eigenvalue weighted by atomic mass is 19.4. The van der Waals surface area contributed by atoms with Crippen LogP contribution in [-0.4, -0.2) is 21.5 Å². The van der Waals surface area contributed by atoms with Crippen LogP contribution in [0.3, 0.4) is 0 Å². The number of aromatic nitrogens is 2. The van der Waals surface area contributed by atoms with Crippen molar-refractivity contribution in [2.24, 2.45) is 0 Å². The van der Waals surface area contributed by atoms with E-state index in [-0.39, 0.29) is 6.61 Å². The van der Waals surface area contributed by atoms with Gasteiger partial charge in [-0.25, -0.2) is 4.68 Å². The molecule has 0 fully saturated rings. The van der Waals surface area contributed by atoms with E-state index < -0.39 is 11.7 Å². The highest BCUT2D eigenvalue weighted by Crippen LogP contribution is 2.30. The molecule has 0 radical (unpaired) electrons. The summed E-state index contributed by atoms with van der Waals surface area (Å²) in [6.07, 6.45) is -2.41. The fraction of sp³-hybridized carbons (Fsp3) is 0.250. The molecule has 96 valence electrons. The third-order valence-electron chi connectivity index (χ3n) is 2.45. The first-order chi connectivity index (χ1) is 8.50. The van der Waals surface area contributed by atoms with E-state index in [2.05, 4.69) is 5.10 Å². The molecule has 0 aliphatic heterocycles. The number of benzene rings is 1. The Kier molecular flexibility index (Phi) is 3.38. The summed E-state index contributed by atoms with van der Waals surface area (Å²) in [5.41, 5.74) is 0.267. The zero-order valence-corrected chi connectivity index (χ0v) is 9.35. The highest BCUT2D eigenvalue weighted by Gasteiger charge is 2.30. The maximum absolute atomic E-state index is 12.5. The van der Waals surface area contributed by atoms with Gasteiger partial charge < -0.3 is 5.11 Å². The van der Waals surface area contributed by atoms with Gasteiger partial charge in [-0.2, -0.15) is 18.3 Å². The number of rotatable bonds is 3. The largest absolute Gasteiger partial charge is 0.416 e. The lowest BCUT2D eigenvalue weighted by Crippen LogP contribution is -2.06. The third-order valence-corrected chi connectivity index (χ3v) is 2.45. The summed E-state index contributed by atoms with van der Waals surface area (Å²) >= 11 is 0. The number of aliphatic hydroxyl groups excluding tert-OH is 1. The normalized spacial score (nSPS) is 11.8. The second-order valence-electron chi connectivity index (χ2n) is 3.77. The molecule has 1 heterocycles. The molecular weight excluding hydrogens is 245 g/mol. The van der Waals surface area contributed by atoms with E-state index in [4.69, 9.17) is 5.11 Å². The van der Waals surface area contributed by atoms with Gasteiger partial charge in [0.15, 0.2) is 0 Å². The molecule has 6 heteroatoms. The van der Waals surface area contributed by atoms with Gasteiger partial charge in [0.25, 0.3) is 0 Å². The van der Waals surface area contributed by atoms with Gasteiger partial charge in [-0.15, -0.1) is 0 Å². The van der Waals surface area contributed by atoms with Crippen molar-refractivity contribution < 1.29 is 18.3 Å². The molecule has 0 unspecified atom stereocenters. The SMILES string of the molecule is OCCc1ccn(-c2cccc(C(F)(F)F)c2)n1. The van der Waals surface area contributed by atoms with Gasteiger partial charge in [0, 0.05) is 19.2 Å². The number of halogens is 3. The van der Waals surface area contributed by atoms with Crippen molar-refractivity contribution >= 4 is 0 Å². The summed E-state index contributed by atoms with van der Waals surface area (Å²) in [4.78, 5) is 0. The molecular formula is C12H11F3N2O. The molecule has 0 spiro atoms. The van der Waals surface area contributed by atoms with Crippen LogP contribution in [0.25, 0.3) is 5.69 Å². The van der Waals surface area contributed by atoms with E-state index in [0.29, 0.717) is 17.8 Å². The molecule has 0 saturated carbocycles. The van der Waals surface area contributed by atoms with Crippen molar-refractivity contribution in [1.82, 2.24) is 9.78 Å². The van der Waals surface area contributed by atoms with E-state index in [0.717, 1.165) is 12.1 Å². The van der Waals surface area contributed by atoms with Crippen molar-refractivity contribution in [2.45, 2.75) is 12.6 Å². The van der Waals surface area contributed by atoms with E-state index in [9.17, 15) is 13.2 Å². The average molecular weight is 256 g/mol. The molecule has 2 rings (SSSR count). The molecule has 1 aromatic carbocycles. The molecule has 2 aromatic rings. The van der Waals surface area contributed by atoms with E-state index in [1.54, 1.807) is 18.3 Å². The van der Waals surface area contributed by atoms with Crippen LogP contribution in [0, 0.1) is 0 Å². The molecule has 3 nitrogen and oxygen atoms in total. The van der Waals surface area contributed by atoms with E-state index in [1.807, 2.05) is 0 Å². The van der Waals surface area contributed by atoms with E-state index in [1.165, 1.54) is 10.7 Å². The second kappa shape index (κ2) is 4.81. The maximum atomic E-state index is 12.5. The Balaban J connectivity index is 2.32. The Hall–Kier alpha value is -1.82. The topological polar surface area (TPSA) is 38.0 Å². The van der Waals surface area contributed by atoms with Crippen molar-refractivity contribution in [1.29, 1.82) is 0 Å². The number of hydrogen-bond acceptors (Lipinski definition) is 2. The van der Waals surface area contributed by atoms with Crippen LogP contribution in [0.5, 0.6) is 0 Å². The molecule has 0 aliphatic carbocycles. The second-order valence-corrected chi connectivity index (χ2v) is 3.77. The lowest BCUT2D eigenvalue weighted by molar-refractivity contribution is -0.137. The van der Waals surface area contributed by atoms with Gasteiger partial charge in [-0.05, 0) is 24.3 Å². The van der Waals surface area contributed by atoms with Crippen LogP contribution in [-0.2, 0) is 12.6 Å². The van der Waals surface area contributed by atoms with Crippen LogP contribution in [0.1, 0.15) is 11.3 Å². The third kappa shape index (κ3) is 2.70. The molecule has 0 bridgehead atoms. The Morgan fingerprint density at radius 2 is 2.00 bits per heavy atom. The molecule has 1 N–H and O–H groups in total. The summed E-state index contributed by atoms with van der Waals surface area (Å²) in [6.45, 7) is -0.0421. The maximum Gasteiger partial charge on any atom is 0.416 e. The fourth-order valence-corrected chi connectivity index (χ4v) is 1.58. The number of nitrogens with zero attached hydrogens (tertiary/aromatic N) is 2. The molecule has 1 aromatic heterocycles. The number of hydrogen-bond donors (Lipinski definition) is 1. The van der Waals surface area contributed by atoms with Gasteiger partial charge in [0.1, 0.15) is 0 Å². The molecule has 0 saturated heterocycles. The van der Waals surface area contributed by atoms with Crippen molar-refractivity contribution in [2.75, 3.05) is 6.61 Å². The Morgan fingerprint density at radius 3 is 2.67 bits per heavy atom. The molecule has 0 atom stereocenters. The number of aliphatic hydroxyl groups is 1. The number of alkyl halides is 3. The minimum atomic E-state index is -4.36. The summed E-state index contributed by atoms with van der Waals surface area (Å²) in [6, 6.07) is 6.60. The van der Waals surface area contributed by atoms with Crippen LogP contribution in [0.15, 0.2) is 36.5 Å². The average Bonchev–Trinajstić information content (AvgIpc) is 2.77. The van der Waals surface area contributed by atoms with Gasteiger partial charge in [-0.1, -0.05) is 6.07 Å². The minimum absolute atomic E-state index is 0.0421. The monoisotopic (exact) mass is 256 g/mol. The van der Waals surface area contributed by atoms with Crippen molar-refractivity contribution in [3.8, 4) is 5.69 Å². The van der Waals surface area contributed by atoms with Crippen LogP contribution < -0.4 is 0 Å². The zero-order valence-electron chi connectivity index (χ0n) is 9.35. The summed E-state index contributed by atoms with van der Waals surface area (Å²) in [5, 5.41) is 12.8. The van der Waals surface area contributed by atoms with Gasteiger partial charge >= 0.3 is 6.18 Å². The standard InChI is InChI=1S/C12H11F3N2O/c13-12(14,15)9-2-1-3-11(8-9)17-6-4-10(16-17)5-7-18/h1-4,6,8,18H,5,7H2. The van der Waals surface area contributed by atoms with Gasteiger partial charge in [-0.3, -0.25) is 0 Å². The summed E-state index contributed by atoms with van der Waals surface area (Å²) in [7, 11) is 0. The highest BCUT2D eigenvalue weighted by molar-refractivity contribution is 5.36. The lowest BCUT2D eigenvalue weighted by atomic mass is 10.2. The van der Waals surface area contributed by atoms with E-state index >= 15 is 0 Å². The first-order valence-corrected chi connectivity index (χ1v) is 5.34. The quantitative estimate of drug-likeness (QED) is 0.915. The molecule has 18 heavy (non-hydrogen) atoms. The Morgan fingerprint density at radius 1 is 1.22 bits per heavy atom. The molecule has 0 aliphatic rings. The summed E-state index contributed by atoms with van der Waals surface area (Å²) in [5.74, 6) is 0. The zero-order chi connectivity index (χ0) is 13.2. The minimum Gasteiger partial charge on any atom is -0.396 e. The Labute approximate surface area is 101 Å². The van der Waals surface area contributed by atoms with Crippen LogP contribution >= 0.6 is 0 Å². The summed E-state index contributed by atoms with van der Waals surface area (Å²) < 4.78 is 39.0. The van der Waals surface area contributed by atoms with Gasteiger partial charge in [0.2, 0.25) is 0 Å². The fourth-order valence-electron chi connectivity index (χ4n) is 1.58.